The number of hydrogen-bond donors (Lipinski definition) is 1. The Kier molecular flexibility index (Phi) is 3.88. The Morgan fingerprint density at radius 1 is 1.12 bits per heavy atom. The van der Waals surface area contributed by atoms with E-state index in [4.69, 9.17) is 4.74 Å². The van der Waals surface area contributed by atoms with Crippen LogP contribution in [0, 0.1) is 0 Å². The molecule has 0 aliphatic heterocycles. The minimum atomic E-state index is 0.753. The van der Waals surface area contributed by atoms with Gasteiger partial charge < -0.3 is 10.1 Å². The summed E-state index contributed by atoms with van der Waals surface area (Å²) in [5, 5.41) is 5.57. The highest BCUT2D eigenvalue weighted by molar-refractivity contribution is 14.1. The number of nitrogens with one attached hydrogen (secondary N) is 1. The van der Waals surface area contributed by atoms with Crippen molar-refractivity contribution in [1.82, 2.24) is 0 Å². The molecule has 0 spiro atoms. The fourth-order valence-electron chi connectivity index (χ4n) is 1.76. The van der Waals surface area contributed by atoms with Crippen LogP contribution in [-0.4, -0.2) is 18.1 Å². The number of benzene rings is 2. The molecule has 0 saturated heterocycles. The van der Waals surface area contributed by atoms with Crippen LogP contribution >= 0.6 is 22.6 Å². The lowest BCUT2D eigenvalue weighted by Crippen LogP contribution is -1.99. The molecule has 0 bridgehead atoms. The van der Waals surface area contributed by atoms with Crippen molar-refractivity contribution in [3.63, 3.8) is 0 Å². The lowest BCUT2D eigenvalue weighted by molar-refractivity contribution is 0.351. The topological polar surface area (TPSA) is 21.3 Å². The fraction of sp³-hybridized carbons (Fsp3) is 0.231. The van der Waals surface area contributed by atoms with E-state index >= 15 is 0 Å². The summed E-state index contributed by atoms with van der Waals surface area (Å²) in [6.07, 6.45) is 0. The Morgan fingerprint density at radius 3 is 2.56 bits per heavy atom. The molecule has 2 rings (SSSR count). The molecule has 0 radical (unpaired) electrons. The van der Waals surface area contributed by atoms with Crippen molar-refractivity contribution in [1.29, 1.82) is 0 Å². The molecule has 2 aromatic rings. The quantitative estimate of drug-likeness (QED) is 0.683. The number of rotatable bonds is 4. The van der Waals surface area contributed by atoms with Crippen molar-refractivity contribution in [2.45, 2.75) is 0 Å². The molecule has 0 fully saturated rings. The van der Waals surface area contributed by atoms with Gasteiger partial charge in [0.05, 0.1) is 6.61 Å². The van der Waals surface area contributed by atoms with Crippen LogP contribution in [0.2, 0.25) is 0 Å². The minimum Gasteiger partial charge on any atom is -0.492 e. The second kappa shape index (κ2) is 5.39. The Morgan fingerprint density at radius 2 is 1.88 bits per heavy atom. The van der Waals surface area contributed by atoms with Crippen LogP contribution in [0.3, 0.4) is 0 Å². The normalized spacial score (nSPS) is 10.4. The van der Waals surface area contributed by atoms with Crippen LogP contribution in [0.1, 0.15) is 0 Å². The third kappa shape index (κ3) is 2.24. The number of anilines is 1. The van der Waals surface area contributed by atoms with Gasteiger partial charge in [-0.2, -0.15) is 0 Å². The Labute approximate surface area is 109 Å². The molecule has 3 heteroatoms. The smallest absolute Gasteiger partial charge is 0.127 e. The predicted molar refractivity (Wildman–Crippen MR) is 77.9 cm³/mol. The Balaban J connectivity index is 2.51. The lowest BCUT2D eigenvalue weighted by atomic mass is 10.1. The zero-order valence-corrected chi connectivity index (χ0v) is 11.3. The van der Waals surface area contributed by atoms with Crippen molar-refractivity contribution >= 4 is 39.1 Å². The van der Waals surface area contributed by atoms with E-state index in [2.05, 4.69) is 46.1 Å². The molecule has 0 aromatic heterocycles. The van der Waals surface area contributed by atoms with Gasteiger partial charge in [0.1, 0.15) is 5.75 Å². The van der Waals surface area contributed by atoms with Crippen LogP contribution in [0.5, 0.6) is 5.75 Å². The van der Waals surface area contributed by atoms with Gasteiger partial charge in [0.15, 0.2) is 0 Å². The maximum Gasteiger partial charge on any atom is 0.127 e. The van der Waals surface area contributed by atoms with E-state index in [1.165, 1.54) is 10.8 Å². The number of ether oxygens (including phenoxy) is 1. The first-order valence-corrected chi connectivity index (χ1v) is 6.77. The van der Waals surface area contributed by atoms with Gasteiger partial charge in [-0.25, -0.2) is 0 Å². The molecule has 0 heterocycles. The summed E-state index contributed by atoms with van der Waals surface area (Å²) >= 11 is 2.31. The molecule has 0 aliphatic carbocycles. The minimum absolute atomic E-state index is 0.753. The largest absolute Gasteiger partial charge is 0.492 e. The maximum atomic E-state index is 5.73. The van der Waals surface area contributed by atoms with Gasteiger partial charge in [-0.3, -0.25) is 0 Å². The van der Waals surface area contributed by atoms with Crippen molar-refractivity contribution in [3.8, 4) is 5.75 Å². The Hall–Kier alpha value is -0.970. The zero-order valence-electron chi connectivity index (χ0n) is 9.16. The molecule has 84 valence electrons. The number of fused-ring (bicyclic) bond motifs is 1. The highest BCUT2D eigenvalue weighted by Crippen LogP contribution is 2.31. The van der Waals surface area contributed by atoms with Gasteiger partial charge in [0.25, 0.3) is 0 Å². The van der Waals surface area contributed by atoms with E-state index in [0.717, 1.165) is 22.5 Å². The van der Waals surface area contributed by atoms with Crippen molar-refractivity contribution in [3.05, 3.63) is 36.4 Å². The molecule has 2 nitrogen and oxygen atoms in total. The third-order valence-electron chi connectivity index (χ3n) is 2.49. The molecule has 16 heavy (non-hydrogen) atoms. The SMILES string of the molecule is CNc1ccc(OCCI)c2ccccc12. The van der Waals surface area contributed by atoms with E-state index in [1.54, 1.807) is 0 Å². The van der Waals surface area contributed by atoms with Crippen molar-refractivity contribution in [2.75, 3.05) is 23.4 Å². The van der Waals surface area contributed by atoms with E-state index in [9.17, 15) is 0 Å². The van der Waals surface area contributed by atoms with Gasteiger partial charge >= 0.3 is 0 Å². The third-order valence-corrected chi connectivity index (χ3v) is 2.93. The van der Waals surface area contributed by atoms with Crippen LogP contribution in [0.15, 0.2) is 36.4 Å². The van der Waals surface area contributed by atoms with Crippen LogP contribution in [0.4, 0.5) is 5.69 Å². The number of alkyl halides is 1. The van der Waals surface area contributed by atoms with Crippen LogP contribution in [0.25, 0.3) is 10.8 Å². The van der Waals surface area contributed by atoms with Crippen LogP contribution in [-0.2, 0) is 0 Å². The van der Waals surface area contributed by atoms with Gasteiger partial charge in [0.2, 0.25) is 0 Å². The first-order valence-electron chi connectivity index (χ1n) is 5.25. The lowest BCUT2D eigenvalue weighted by Gasteiger charge is -2.11. The summed E-state index contributed by atoms with van der Waals surface area (Å²) in [6, 6.07) is 12.4. The monoisotopic (exact) mass is 327 g/mol. The summed E-state index contributed by atoms with van der Waals surface area (Å²) in [6.45, 7) is 0.753. The summed E-state index contributed by atoms with van der Waals surface area (Å²) in [5.74, 6) is 0.964. The first-order chi connectivity index (χ1) is 7.86. The average molecular weight is 327 g/mol. The van der Waals surface area contributed by atoms with Gasteiger partial charge in [-0.1, -0.05) is 46.9 Å². The van der Waals surface area contributed by atoms with Crippen molar-refractivity contribution < 1.29 is 4.74 Å². The predicted octanol–water partition coefficient (Wildman–Crippen LogP) is 3.70. The molecule has 0 amide bonds. The fourth-order valence-corrected chi connectivity index (χ4v) is 1.98. The molecule has 0 saturated carbocycles. The maximum absolute atomic E-state index is 5.73. The molecular formula is C13H14INO. The van der Waals surface area contributed by atoms with E-state index in [0.29, 0.717) is 0 Å². The van der Waals surface area contributed by atoms with E-state index in [1.807, 2.05) is 25.2 Å². The summed E-state index contributed by atoms with van der Waals surface area (Å²) < 4.78 is 6.73. The van der Waals surface area contributed by atoms with Crippen molar-refractivity contribution in [2.24, 2.45) is 0 Å². The summed E-state index contributed by atoms with van der Waals surface area (Å²) in [5.41, 5.74) is 1.14. The van der Waals surface area contributed by atoms with Gasteiger partial charge in [-0.15, -0.1) is 0 Å². The Bertz CT molecular complexity index is 484. The highest BCUT2D eigenvalue weighted by atomic mass is 127. The average Bonchev–Trinajstić information content (AvgIpc) is 2.36. The second-order valence-corrected chi connectivity index (χ2v) is 4.52. The zero-order chi connectivity index (χ0) is 11.4. The molecular weight excluding hydrogens is 313 g/mol. The van der Waals surface area contributed by atoms with E-state index in [-0.39, 0.29) is 0 Å². The van der Waals surface area contributed by atoms with Crippen LogP contribution < -0.4 is 10.1 Å². The number of hydrogen-bond acceptors (Lipinski definition) is 2. The van der Waals surface area contributed by atoms with E-state index < -0.39 is 0 Å². The van der Waals surface area contributed by atoms with Gasteiger partial charge in [0, 0.05) is 27.9 Å². The molecule has 2 aromatic carbocycles. The molecule has 0 aliphatic rings. The highest BCUT2D eigenvalue weighted by Gasteiger charge is 2.04. The second-order valence-electron chi connectivity index (χ2n) is 3.44. The first kappa shape index (κ1) is 11.5. The standard InChI is InChI=1S/C13H14INO/c1-15-12-6-7-13(16-9-8-14)11-5-3-2-4-10(11)12/h2-7,15H,8-9H2,1H3. The summed E-state index contributed by atoms with van der Waals surface area (Å²) in [4.78, 5) is 0. The van der Waals surface area contributed by atoms with Gasteiger partial charge in [-0.05, 0) is 12.1 Å². The number of halogens is 1. The molecule has 0 atom stereocenters. The molecule has 0 unspecified atom stereocenters. The summed E-state index contributed by atoms with van der Waals surface area (Å²) in [7, 11) is 1.94. The molecule has 1 N–H and O–H groups in total.